The summed E-state index contributed by atoms with van der Waals surface area (Å²) in [5.41, 5.74) is 1.56. The summed E-state index contributed by atoms with van der Waals surface area (Å²) in [7, 11) is 1.49. The molecule has 1 N–H and O–H groups in total. The van der Waals surface area contributed by atoms with Gasteiger partial charge in [-0.15, -0.1) is 0 Å². The minimum Gasteiger partial charge on any atom is -0.493 e. The number of hydrogen-bond acceptors (Lipinski definition) is 4. The van der Waals surface area contributed by atoms with E-state index in [0.717, 1.165) is 18.3 Å². The van der Waals surface area contributed by atoms with Gasteiger partial charge in [-0.05, 0) is 36.1 Å². The fourth-order valence-electron chi connectivity index (χ4n) is 2.69. The molecule has 0 saturated heterocycles. The summed E-state index contributed by atoms with van der Waals surface area (Å²) in [6.07, 6.45) is 1.57. The largest absolute Gasteiger partial charge is 0.493 e. The van der Waals surface area contributed by atoms with Crippen LogP contribution in [-0.4, -0.2) is 25.9 Å². The monoisotopic (exact) mass is 355 g/mol. The number of benzene rings is 2. The third kappa shape index (κ3) is 5.62. The van der Waals surface area contributed by atoms with Crippen LogP contribution in [0.1, 0.15) is 42.2 Å². The third-order valence-corrected chi connectivity index (χ3v) is 3.93. The lowest BCUT2D eigenvalue weighted by Gasteiger charge is -2.21. The van der Waals surface area contributed by atoms with Gasteiger partial charge >= 0.3 is 0 Å². The summed E-state index contributed by atoms with van der Waals surface area (Å²) >= 11 is 0. The molecule has 5 heteroatoms. The van der Waals surface area contributed by atoms with Gasteiger partial charge < -0.3 is 14.8 Å². The molecule has 0 bridgehead atoms. The second-order valence-electron chi connectivity index (χ2n) is 6.48. The summed E-state index contributed by atoms with van der Waals surface area (Å²) in [6, 6.07) is 14.7. The van der Waals surface area contributed by atoms with E-state index in [1.807, 2.05) is 30.3 Å². The maximum absolute atomic E-state index is 12.4. The van der Waals surface area contributed by atoms with Gasteiger partial charge in [-0.1, -0.05) is 44.2 Å². The van der Waals surface area contributed by atoms with Crippen LogP contribution in [0.4, 0.5) is 0 Å². The molecule has 0 saturated carbocycles. The minimum atomic E-state index is -0.207. The van der Waals surface area contributed by atoms with Gasteiger partial charge in [0.15, 0.2) is 18.1 Å². The van der Waals surface area contributed by atoms with Crippen LogP contribution in [0.3, 0.4) is 0 Å². The van der Waals surface area contributed by atoms with Crippen LogP contribution < -0.4 is 14.8 Å². The Morgan fingerprint density at radius 3 is 2.46 bits per heavy atom. The summed E-state index contributed by atoms with van der Waals surface area (Å²) < 4.78 is 10.8. The van der Waals surface area contributed by atoms with Gasteiger partial charge in [0.1, 0.15) is 6.29 Å². The van der Waals surface area contributed by atoms with Crippen molar-refractivity contribution in [2.45, 2.75) is 26.3 Å². The van der Waals surface area contributed by atoms with Crippen molar-refractivity contribution in [1.82, 2.24) is 5.32 Å². The highest BCUT2D eigenvalue weighted by Gasteiger charge is 2.17. The molecule has 1 unspecified atom stereocenters. The molecule has 0 aliphatic rings. The lowest BCUT2D eigenvalue weighted by molar-refractivity contribution is -0.124. The van der Waals surface area contributed by atoms with Crippen LogP contribution in [0.15, 0.2) is 48.5 Å². The molecule has 0 aromatic heterocycles. The van der Waals surface area contributed by atoms with E-state index >= 15 is 0 Å². The van der Waals surface area contributed by atoms with E-state index in [-0.39, 0.29) is 18.6 Å². The van der Waals surface area contributed by atoms with Gasteiger partial charge in [-0.25, -0.2) is 0 Å². The number of aldehydes is 1. The molecule has 0 aliphatic heterocycles. The highest BCUT2D eigenvalue weighted by Crippen LogP contribution is 2.27. The second kappa shape index (κ2) is 9.61. The van der Waals surface area contributed by atoms with E-state index < -0.39 is 0 Å². The highest BCUT2D eigenvalue weighted by molar-refractivity contribution is 5.78. The fourth-order valence-corrected chi connectivity index (χ4v) is 2.69. The normalized spacial score (nSPS) is 11.7. The Hall–Kier alpha value is -2.82. The number of methoxy groups -OCH3 is 1. The molecule has 138 valence electrons. The van der Waals surface area contributed by atoms with Crippen LogP contribution in [-0.2, 0) is 4.79 Å². The first kappa shape index (κ1) is 19.5. The molecule has 0 aliphatic carbocycles. The van der Waals surface area contributed by atoms with Crippen LogP contribution in [0.5, 0.6) is 11.5 Å². The molecule has 1 amide bonds. The Bertz CT molecular complexity index is 728. The first-order chi connectivity index (χ1) is 12.5. The van der Waals surface area contributed by atoms with E-state index in [4.69, 9.17) is 9.47 Å². The quantitative estimate of drug-likeness (QED) is 0.695. The van der Waals surface area contributed by atoms with E-state index in [2.05, 4.69) is 19.2 Å². The van der Waals surface area contributed by atoms with Crippen molar-refractivity contribution in [1.29, 1.82) is 0 Å². The van der Waals surface area contributed by atoms with Crippen molar-refractivity contribution >= 4 is 12.2 Å². The second-order valence-corrected chi connectivity index (χ2v) is 6.48. The molecular weight excluding hydrogens is 330 g/mol. The molecule has 0 spiro atoms. The van der Waals surface area contributed by atoms with Gasteiger partial charge in [0.05, 0.1) is 13.2 Å². The van der Waals surface area contributed by atoms with E-state index in [9.17, 15) is 9.59 Å². The van der Waals surface area contributed by atoms with Crippen molar-refractivity contribution in [2.75, 3.05) is 13.7 Å². The van der Waals surface area contributed by atoms with Gasteiger partial charge in [-0.3, -0.25) is 9.59 Å². The summed E-state index contributed by atoms with van der Waals surface area (Å²) in [5, 5.41) is 3.03. The van der Waals surface area contributed by atoms with Crippen LogP contribution in [0.25, 0.3) is 0 Å². The van der Waals surface area contributed by atoms with Crippen molar-refractivity contribution in [3.8, 4) is 11.5 Å². The Kier molecular flexibility index (Phi) is 7.21. The molecule has 26 heavy (non-hydrogen) atoms. The van der Waals surface area contributed by atoms with Crippen LogP contribution in [0, 0.1) is 5.92 Å². The van der Waals surface area contributed by atoms with Gasteiger partial charge in [0.25, 0.3) is 5.91 Å². The minimum absolute atomic E-state index is 0.0633. The van der Waals surface area contributed by atoms with E-state index in [1.165, 1.54) is 7.11 Å². The number of nitrogens with one attached hydrogen (secondary N) is 1. The molecule has 0 heterocycles. The molecule has 2 aromatic carbocycles. The Morgan fingerprint density at radius 2 is 1.85 bits per heavy atom. The fraction of sp³-hybridized carbons (Fsp3) is 0.333. The summed E-state index contributed by atoms with van der Waals surface area (Å²) in [6.45, 7) is 4.12. The zero-order chi connectivity index (χ0) is 18.9. The molecule has 0 fully saturated rings. The lowest BCUT2D eigenvalue weighted by Crippen LogP contribution is -2.33. The molecular formula is C21H25NO4. The number of hydrogen-bond donors (Lipinski definition) is 1. The predicted molar refractivity (Wildman–Crippen MR) is 101 cm³/mol. The molecule has 2 rings (SSSR count). The topological polar surface area (TPSA) is 64.6 Å². The van der Waals surface area contributed by atoms with Crippen molar-refractivity contribution < 1.29 is 19.1 Å². The molecule has 0 radical (unpaired) electrons. The standard InChI is InChI=1S/C21H25NO4/c1-15(2)11-18(17-7-5-4-6-8-17)22-21(24)14-26-19-10-9-16(13-23)12-20(19)25-3/h4-10,12-13,15,18H,11,14H2,1-3H3,(H,22,24). The number of carbonyl (C=O) groups is 2. The zero-order valence-electron chi connectivity index (χ0n) is 15.4. The Morgan fingerprint density at radius 1 is 1.12 bits per heavy atom. The number of ether oxygens (including phenoxy) is 2. The van der Waals surface area contributed by atoms with E-state index in [0.29, 0.717) is 23.0 Å². The van der Waals surface area contributed by atoms with Crippen molar-refractivity contribution in [3.05, 3.63) is 59.7 Å². The smallest absolute Gasteiger partial charge is 0.258 e. The van der Waals surface area contributed by atoms with Crippen molar-refractivity contribution in [2.24, 2.45) is 5.92 Å². The maximum atomic E-state index is 12.4. The number of carbonyl (C=O) groups excluding carboxylic acids is 2. The molecule has 2 aromatic rings. The lowest BCUT2D eigenvalue weighted by atomic mass is 9.97. The zero-order valence-corrected chi connectivity index (χ0v) is 15.4. The predicted octanol–water partition coefficient (Wildman–Crippen LogP) is 3.79. The average molecular weight is 355 g/mol. The van der Waals surface area contributed by atoms with Gasteiger partial charge in [0.2, 0.25) is 0 Å². The average Bonchev–Trinajstić information content (AvgIpc) is 2.66. The number of rotatable bonds is 9. The summed E-state index contributed by atoms with van der Waals surface area (Å²) in [4.78, 5) is 23.2. The first-order valence-electron chi connectivity index (χ1n) is 8.63. The van der Waals surface area contributed by atoms with Gasteiger partial charge in [-0.2, -0.15) is 0 Å². The Labute approximate surface area is 154 Å². The Balaban J connectivity index is 2.01. The molecule has 5 nitrogen and oxygen atoms in total. The highest BCUT2D eigenvalue weighted by atomic mass is 16.5. The van der Waals surface area contributed by atoms with Gasteiger partial charge in [0, 0.05) is 5.56 Å². The van der Waals surface area contributed by atoms with Crippen LogP contribution >= 0.6 is 0 Å². The maximum Gasteiger partial charge on any atom is 0.258 e. The van der Waals surface area contributed by atoms with E-state index in [1.54, 1.807) is 18.2 Å². The SMILES string of the molecule is COc1cc(C=O)ccc1OCC(=O)NC(CC(C)C)c1ccccc1. The first-order valence-corrected chi connectivity index (χ1v) is 8.63. The van der Waals surface area contributed by atoms with Crippen molar-refractivity contribution in [3.63, 3.8) is 0 Å². The third-order valence-electron chi connectivity index (χ3n) is 3.93. The summed E-state index contributed by atoms with van der Waals surface area (Å²) in [5.74, 6) is 1.08. The van der Waals surface area contributed by atoms with Crippen LogP contribution in [0.2, 0.25) is 0 Å². The molecule has 1 atom stereocenters. The number of amides is 1.